The number of pyridine rings is 1. The number of aliphatic imine (C=N–C) groups is 1. The molecule has 0 bridgehead atoms. The molecule has 0 aliphatic heterocycles. The first-order valence-corrected chi connectivity index (χ1v) is 7.09. The third kappa shape index (κ3) is 2.77. The van der Waals surface area contributed by atoms with Crippen molar-refractivity contribution in [2.75, 3.05) is 19.4 Å². The Morgan fingerprint density at radius 2 is 2.10 bits per heavy atom. The lowest BCUT2D eigenvalue weighted by molar-refractivity contribution is 0.986. The lowest BCUT2D eigenvalue weighted by Crippen LogP contribution is -2.04. The number of aryl methyl sites for hydroxylation is 2. The van der Waals surface area contributed by atoms with Gasteiger partial charge in [-0.1, -0.05) is 13.0 Å². The minimum atomic E-state index is 0.750. The topological polar surface area (TPSA) is 63.1 Å². The summed E-state index contributed by atoms with van der Waals surface area (Å²) in [4.78, 5) is 18.1. The van der Waals surface area contributed by atoms with Crippen LogP contribution in [0.4, 0.5) is 5.82 Å². The number of hydrogen-bond donors (Lipinski definition) is 1. The maximum atomic E-state index is 4.76. The van der Waals surface area contributed by atoms with Gasteiger partial charge in [0, 0.05) is 32.1 Å². The second-order valence-electron chi connectivity index (χ2n) is 4.71. The summed E-state index contributed by atoms with van der Waals surface area (Å²) in [6, 6.07) is 0. The van der Waals surface area contributed by atoms with E-state index in [0.717, 1.165) is 45.8 Å². The van der Waals surface area contributed by atoms with Gasteiger partial charge < -0.3 is 5.32 Å². The number of nitrogens with one attached hydrogen (secondary N) is 1. The van der Waals surface area contributed by atoms with Crippen LogP contribution in [0.2, 0.25) is 0 Å². The quantitative estimate of drug-likeness (QED) is 0.876. The summed E-state index contributed by atoms with van der Waals surface area (Å²) in [6.07, 6.45) is 6.51. The Bertz CT molecular complexity index is 716. The number of allylic oxidation sites excluding steroid dienone is 2. The van der Waals surface area contributed by atoms with E-state index in [2.05, 4.69) is 22.2 Å². The zero-order valence-corrected chi connectivity index (χ0v) is 13.2. The van der Waals surface area contributed by atoms with E-state index in [1.165, 1.54) is 0 Å². The monoisotopic (exact) mass is 283 g/mol. The maximum absolute atomic E-state index is 4.76. The lowest BCUT2D eigenvalue weighted by atomic mass is 10.1. The minimum Gasteiger partial charge on any atom is -0.371 e. The smallest absolute Gasteiger partial charge is 0.153 e. The van der Waals surface area contributed by atoms with E-state index in [0.29, 0.717) is 0 Å². The standard InChI is InChI=1S/C16H21N5/c1-6-11(8-17-4)12-9-19-16(18-5)15-14(12)20-10(3)13(7-2)21-15/h6,8-9H,7H2,1-5H3,(H,18,19)/b11-6+,17-8-. The average Bonchev–Trinajstić information content (AvgIpc) is 2.51. The van der Waals surface area contributed by atoms with Crippen LogP contribution in [0.5, 0.6) is 0 Å². The molecule has 2 aromatic rings. The summed E-state index contributed by atoms with van der Waals surface area (Å²) in [5.41, 5.74) is 5.58. The predicted octanol–water partition coefficient (Wildman–Crippen LogP) is 3.04. The van der Waals surface area contributed by atoms with Crippen LogP contribution in [-0.2, 0) is 6.42 Å². The van der Waals surface area contributed by atoms with Crippen molar-refractivity contribution in [1.29, 1.82) is 0 Å². The number of nitrogens with zero attached hydrogens (tertiary/aromatic N) is 4. The van der Waals surface area contributed by atoms with Gasteiger partial charge in [0.25, 0.3) is 0 Å². The fourth-order valence-corrected chi connectivity index (χ4v) is 2.33. The summed E-state index contributed by atoms with van der Waals surface area (Å²) in [5, 5.41) is 3.09. The molecule has 0 spiro atoms. The van der Waals surface area contributed by atoms with Gasteiger partial charge in [-0.05, 0) is 25.8 Å². The van der Waals surface area contributed by atoms with Crippen molar-refractivity contribution in [1.82, 2.24) is 15.0 Å². The molecule has 21 heavy (non-hydrogen) atoms. The summed E-state index contributed by atoms with van der Waals surface area (Å²) in [7, 11) is 3.60. The van der Waals surface area contributed by atoms with Gasteiger partial charge in [-0.3, -0.25) is 4.99 Å². The maximum Gasteiger partial charge on any atom is 0.153 e. The van der Waals surface area contributed by atoms with Gasteiger partial charge in [0.15, 0.2) is 5.82 Å². The Balaban J connectivity index is 2.83. The third-order valence-electron chi connectivity index (χ3n) is 3.43. The molecule has 0 fully saturated rings. The van der Waals surface area contributed by atoms with E-state index in [1.54, 1.807) is 7.05 Å². The first kappa shape index (κ1) is 15.1. The van der Waals surface area contributed by atoms with Crippen LogP contribution < -0.4 is 5.32 Å². The molecular formula is C16H21N5. The van der Waals surface area contributed by atoms with Crippen LogP contribution in [0, 0.1) is 6.92 Å². The zero-order chi connectivity index (χ0) is 15.4. The van der Waals surface area contributed by atoms with Gasteiger partial charge in [-0.2, -0.15) is 0 Å². The molecule has 1 N–H and O–H groups in total. The summed E-state index contributed by atoms with van der Waals surface area (Å²) >= 11 is 0. The summed E-state index contributed by atoms with van der Waals surface area (Å²) in [6.45, 7) is 6.06. The average molecular weight is 283 g/mol. The highest BCUT2D eigenvalue weighted by Crippen LogP contribution is 2.26. The second kappa shape index (κ2) is 6.43. The Kier molecular flexibility index (Phi) is 4.62. The summed E-state index contributed by atoms with van der Waals surface area (Å²) in [5.74, 6) is 0.750. The van der Waals surface area contributed by atoms with Crippen molar-refractivity contribution >= 4 is 28.6 Å². The van der Waals surface area contributed by atoms with E-state index < -0.39 is 0 Å². The predicted molar refractivity (Wildman–Crippen MR) is 89.1 cm³/mol. The van der Waals surface area contributed by atoms with Gasteiger partial charge in [-0.15, -0.1) is 0 Å². The molecule has 2 rings (SSSR count). The van der Waals surface area contributed by atoms with E-state index in [4.69, 9.17) is 9.97 Å². The molecule has 0 amide bonds. The SMILES string of the molecule is C/C=C(\C=N/C)c1cnc(NC)c2nc(CC)c(C)nc12. The molecule has 5 nitrogen and oxygen atoms in total. The molecular weight excluding hydrogens is 262 g/mol. The van der Waals surface area contributed by atoms with Crippen LogP contribution in [0.1, 0.15) is 30.8 Å². The summed E-state index contributed by atoms with van der Waals surface area (Å²) < 4.78 is 0. The molecule has 110 valence electrons. The molecule has 5 heteroatoms. The van der Waals surface area contributed by atoms with Crippen molar-refractivity contribution in [3.63, 3.8) is 0 Å². The van der Waals surface area contributed by atoms with Gasteiger partial charge in [0.2, 0.25) is 0 Å². The Labute approximate surface area is 125 Å². The Hall–Kier alpha value is -2.30. The third-order valence-corrected chi connectivity index (χ3v) is 3.43. The fourth-order valence-electron chi connectivity index (χ4n) is 2.33. The largest absolute Gasteiger partial charge is 0.371 e. The number of hydrogen-bond acceptors (Lipinski definition) is 5. The highest BCUT2D eigenvalue weighted by molar-refractivity contribution is 6.14. The van der Waals surface area contributed by atoms with Crippen LogP contribution in [-0.4, -0.2) is 35.3 Å². The molecule has 0 atom stereocenters. The molecule has 0 aliphatic rings. The van der Waals surface area contributed by atoms with Crippen molar-refractivity contribution in [3.05, 3.63) is 29.2 Å². The van der Waals surface area contributed by atoms with Gasteiger partial charge in [0.05, 0.1) is 11.4 Å². The first-order chi connectivity index (χ1) is 10.2. The van der Waals surface area contributed by atoms with Crippen molar-refractivity contribution < 1.29 is 0 Å². The highest BCUT2D eigenvalue weighted by Gasteiger charge is 2.14. The number of fused-ring (bicyclic) bond motifs is 1. The number of aromatic nitrogens is 3. The Morgan fingerprint density at radius 1 is 1.33 bits per heavy atom. The molecule has 0 aliphatic carbocycles. The van der Waals surface area contributed by atoms with Crippen LogP contribution in [0.3, 0.4) is 0 Å². The first-order valence-electron chi connectivity index (χ1n) is 7.09. The van der Waals surface area contributed by atoms with Crippen LogP contribution in [0.25, 0.3) is 16.6 Å². The molecule has 0 aromatic carbocycles. The molecule has 2 heterocycles. The molecule has 2 aromatic heterocycles. The minimum absolute atomic E-state index is 0.750. The van der Waals surface area contributed by atoms with Crippen LogP contribution >= 0.6 is 0 Å². The molecule has 0 radical (unpaired) electrons. The lowest BCUT2D eigenvalue weighted by Gasteiger charge is -2.12. The zero-order valence-electron chi connectivity index (χ0n) is 13.2. The Morgan fingerprint density at radius 3 is 2.67 bits per heavy atom. The van der Waals surface area contributed by atoms with Gasteiger partial charge >= 0.3 is 0 Å². The molecule has 0 saturated heterocycles. The van der Waals surface area contributed by atoms with E-state index in [1.807, 2.05) is 39.4 Å². The van der Waals surface area contributed by atoms with Crippen molar-refractivity contribution in [2.24, 2.45) is 4.99 Å². The number of anilines is 1. The fraction of sp³-hybridized carbons (Fsp3) is 0.375. The molecule has 0 unspecified atom stereocenters. The van der Waals surface area contributed by atoms with Crippen molar-refractivity contribution in [2.45, 2.75) is 27.2 Å². The molecule has 0 saturated carbocycles. The van der Waals surface area contributed by atoms with Crippen molar-refractivity contribution in [3.8, 4) is 0 Å². The normalized spacial score (nSPS) is 12.3. The van der Waals surface area contributed by atoms with Crippen LogP contribution in [0.15, 0.2) is 17.3 Å². The van der Waals surface area contributed by atoms with E-state index in [-0.39, 0.29) is 0 Å². The van der Waals surface area contributed by atoms with Gasteiger partial charge in [-0.25, -0.2) is 15.0 Å². The number of rotatable bonds is 4. The van der Waals surface area contributed by atoms with E-state index in [9.17, 15) is 0 Å². The highest BCUT2D eigenvalue weighted by atomic mass is 15.0. The van der Waals surface area contributed by atoms with Gasteiger partial charge in [0.1, 0.15) is 11.0 Å². The second-order valence-corrected chi connectivity index (χ2v) is 4.71. The van der Waals surface area contributed by atoms with E-state index >= 15 is 0 Å².